The largest absolute Gasteiger partial charge is 0.374 e. The zero-order chi connectivity index (χ0) is 18.5. The van der Waals surface area contributed by atoms with E-state index in [1.54, 1.807) is 19.1 Å². The van der Waals surface area contributed by atoms with E-state index in [9.17, 15) is 14.0 Å². The quantitative estimate of drug-likeness (QED) is 0.864. The molecule has 1 N–H and O–H groups in total. The standard InChI is InChI=1S/C20H21FN2O3/c1-14-20(25)23(11-15-7-9-17(21)10-8-15)18(19(24)22-14)13-26-12-16-5-3-2-4-6-16/h2-10,14,18H,11-13H2,1H3,(H,22,24)/t14-,18+/m0/s1. The second-order valence-corrected chi connectivity index (χ2v) is 6.34. The molecule has 0 unspecified atom stereocenters. The number of carbonyl (C=O) groups is 2. The molecule has 1 heterocycles. The molecule has 1 aliphatic rings. The Morgan fingerprint density at radius 3 is 2.42 bits per heavy atom. The Labute approximate surface area is 151 Å². The van der Waals surface area contributed by atoms with E-state index in [0.29, 0.717) is 6.61 Å². The second kappa shape index (κ2) is 8.10. The molecule has 0 saturated carbocycles. The molecule has 0 aromatic heterocycles. The summed E-state index contributed by atoms with van der Waals surface area (Å²) >= 11 is 0. The first kappa shape index (κ1) is 18.1. The van der Waals surface area contributed by atoms with Gasteiger partial charge in [-0.05, 0) is 30.2 Å². The minimum Gasteiger partial charge on any atom is -0.374 e. The summed E-state index contributed by atoms with van der Waals surface area (Å²) in [6.45, 7) is 2.34. The van der Waals surface area contributed by atoms with Crippen LogP contribution in [0.1, 0.15) is 18.1 Å². The minimum absolute atomic E-state index is 0.0976. The molecule has 26 heavy (non-hydrogen) atoms. The number of rotatable bonds is 6. The Bertz CT molecular complexity index is 764. The lowest BCUT2D eigenvalue weighted by Crippen LogP contribution is -2.63. The molecule has 2 atom stereocenters. The van der Waals surface area contributed by atoms with E-state index >= 15 is 0 Å². The van der Waals surface area contributed by atoms with Crippen molar-refractivity contribution < 1.29 is 18.7 Å². The Morgan fingerprint density at radius 2 is 1.73 bits per heavy atom. The van der Waals surface area contributed by atoms with Gasteiger partial charge in [-0.15, -0.1) is 0 Å². The first-order valence-corrected chi connectivity index (χ1v) is 8.51. The number of nitrogens with zero attached hydrogens (tertiary/aromatic N) is 1. The first-order chi connectivity index (χ1) is 12.5. The number of hydrogen-bond donors (Lipinski definition) is 1. The second-order valence-electron chi connectivity index (χ2n) is 6.34. The maximum Gasteiger partial charge on any atom is 0.245 e. The first-order valence-electron chi connectivity index (χ1n) is 8.51. The zero-order valence-electron chi connectivity index (χ0n) is 14.5. The summed E-state index contributed by atoms with van der Waals surface area (Å²) in [5.74, 6) is -0.762. The van der Waals surface area contributed by atoms with Gasteiger partial charge in [0.25, 0.3) is 0 Å². The number of carbonyl (C=O) groups excluding carboxylic acids is 2. The van der Waals surface area contributed by atoms with Gasteiger partial charge in [-0.3, -0.25) is 9.59 Å². The van der Waals surface area contributed by atoms with Gasteiger partial charge in [0.2, 0.25) is 11.8 Å². The van der Waals surface area contributed by atoms with E-state index in [1.807, 2.05) is 30.3 Å². The molecule has 1 saturated heterocycles. The molecular formula is C20H21FN2O3. The van der Waals surface area contributed by atoms with Crippen molar-refractivity contribution in [2.24, 2.45) is 0 Å². The maximum atomic E-state index is 13.1. The molecule has 2 aromatic carbocycles. The number of halogens is 1. The molecule has 5 nitrogen and oxygen atoms in total. The van der Waals surface area contributed by atoms with Crippen molar-refractivity contribution in [2.45, 2.75) is 32.2 Å². The van der Waals surface area contributed by atoms with Crippen LogP contribution < -0.4 is 5.32 Å². The lowest BCUT2D eigenvalue weighted by atomic mass is 10.1. The molecular weight excluding hydrogens is 335 g/mol. The number of ether oxygens (including phenoxy) is 1. The van der Waals surface area contributed by atoms with E-state index < -0.39 is 12.1 Å². The van der Waals surface area contributed by atoms with Gasteiger partial charge in [-0.25, -0.2) is 4.39 Å². The summed E-state index contributed by atoms with van der Waals surface area (Å²) < 4.78 is 18.8. The lowest BCUT2D eigenvalue weighted by Gasteiger charge is -2.37. The van der Waals surface area contributed by atoms with Crippen LogP contribution in [0, 0.1) is 5.82 Å². The van der Waals surface area contributed by atoms with Gasteiger partial charge >= 0.3 is 0 Å². The zero-order valence-corrected chi connectivity index (χ0v) is 14.5. The van der Waals surface area contributed by atoms with Gasteiger partial charge < -0.3 is 15.0 Å². The number of nitrogens with one attached hydrogen (secondary N) is 1. The van der Waals surface area contributed by atoms with E-state index in [0.717, 1.165) is 11.1 Å². The molecule has 0 bridgehead atoms. The molecule has 0 spiro atoms. The average Bonchev–Trinajstić information content (AvgIpc) is 2.64. The van der Waals surface area contributed by atoms with Crippen LogP contribution in [0.4, 0.5) is 4.39 Å². The van der Waals surface area contributed by atoms with Crippen molar-refractivity contribution in [3.05, 3.63) is 71.5 Å². The summed E-state index contributed by atoms with van der Waals surface area (Å²) in [5, 5.41) is 2.68. The Balaban J connectivity index is 1.69. The average molecular weight is 356 g/mol. The fourth-order valence-electron chi connectivity index (χ4n) is 2.92. The number of amides is 2. The van der Waals surface area contributed by atoms with Crippen LogP contribution >= 0.6 is 0 Å². The highest BCUT2D eigenvalue weighted by molar-refractivity contribution is 5.96. The number of hydrogen-bond acceptors (Lipinski definition) is 3. The molecule has 6 heteroatoms. The van der Waals surface area contributed by atoms with Crippen molar-refractivity contribution in [3.63, 3.8) is 0 Å². The highest BCUT2D eigenvalue weighted by Gasteiger charge is 2.38. The van der Waals surface area contributed by atoms with E-state index in [2.05, 4.69) is 5.32 Å². The Morgan fingerprint density at radius 1 is 1.04 bits per heavy atom. The predicted octanol–water partition coefficient (Wildman–Crippen LogP) is 2.26. The topological polar surface area (TPSA) is 58.6 Å². The molecule has 0 aliphatic carbocycles. The van der Waals surface area contributed by atoms with Crippen LogP contribution in [0.15, 0.2) is 54.6 Å². The number of piperazine rings is 1. The van der Waals surface area contributed by atoms with Crippen molar-refractivity contribution in [1.29, 1.82) is 0 Å². The van der Waals surface area contributed by atoms with E-state index in [4.69, 9.17) is 4.74 Å². The van der Waals surface area contributed by atoms with Crippen LogP contribution in [0.3, 0.4) is 0 Å². The lowest BCUT2D eigenvalue weighted by molar-refractivity contribution is -0.152. The highest BCUT2D eigenvalue weighted by Crippen LogP contribution is 2.16. The smallest absolute Gasteiger partial charge is 0.245 e. The van der Waals surface area contributed by atoms with Crippen LogP contribution in [0.5, 0.6) is 0 Å². The summed E-state index contributed by atoms with van der Waals surface area (Å²) in [4.78, 5) is 26.5. The highest BCUT2D eigenvalue weighted by atomic mass is 19.1. The van der Waals surface area contributed by atoms with Crippen molar-refractivity contribution in [1.82, 2.24) is 10.2 Å². The third-order valence-corrected chi connectivity index (χ3v) is 4.34. The van der Waals surface area contributed by atoms with Crippen LogP contribution in [-0.4, -0.2) is 35.4 Å². The van der Waals surface area contributed by atoms with Gasteiger partial charge in [0.1, 0.15) is 17.9 Å². The van der Waals surface area contributed by atoms with Crippen LogP contribution in [0.25, 0.3) is 0 Å². The molecule has 3 rings (SSSR count). The van der Waals surface area contributed by atoms with E-state index in [-0.39, 0.29) is 30.8 Å². The molecule has 0 radical (unpaired) electrons. The van der Waals surface area contributed by atoms with Gasteiger partial charge in [-0.1, -0.05) is 42.5 Å². The monoisotopic (exact) mass is 356 g/mol. The minimum atomic E-state index is -0.715. The molecule has 1 fully saturated rings. The van der Waals surface area contributed by atoms with Crippen LogP contribution in [0.2, 0.25) is 0 Å². The summed E-state index contributed by atoms with van der Waals surface area (Å²) in [7, 11) is 0. The van der Waals surface area contributed by atoms with Gasteiger partial charge in [0, 0.05) is 6.54 Å². The van der Waals surface area contributed by atoms with Crippen molar-refractivity contribution in [2.75, 3.05) is 6.61 Å². The number of benzene rings is 2. The molecule has 2 amide bonds. The third kappa shape index (κ3) is 4.26. The van der Waals surface area contributed by atoms with Crippen LogP contribution in [-0.2, 0) is 27.5 Å². The summed E-state index contributed by atoms with van der Waals surface area (Å²) in [6.07, 6.45) is 0. The van der Waals surface area contributed by atoms with Gasteiger partial charge in [-0.2, -0.15) is 0 Å². The molecule has 2 aromatic rings. The maximum absolute atomic E-state index is 13.1. The fourth-order valence-corrected chi connectivity index (χ4v) is 2.92. The van der Waals surface area contributed by atoms with Crippen molar-refractivity contribution >= 4 is 11.8 Å². The van der Waals surface area contributed by atoms with E-state index in [1.165, 1.54) is 17.0 Å². The SMILES string of the molecule is C[C@@H]1NC(=O)[C@@H](COCc2ccccc2)N(Cc2ccc(F)cc2)C1=O. The Kier molecular flexibility index (Phi) is 5.63. The van der Waals surface area contributed by atoms with Gasteiger partial charge in [0.15, 0.2) is 0 Å². The molecule has 136 valence electrons. The third-order valence-electron chi connectivity index (χ3n) is 4.34. The Hall–Kier alpha value is -2.73. The summed E-state index contributed by atoms with van der Waals surface area (Å²) in [6, 6.07) is 14.2. The fraction of sp³-hybridized carbons (Fsp3) is 0.300. The normalized spacial score (nSPS) is 20.2. The van der Waals surface area contributed by atoms with Crippen molar-refractivity contribution in [3.8, 4) is 0 Å². The van der Waals surface area contributed by atoms with Gasteiger partial charge in [0.05, 0.1) is 13.2 Å². The predicted molar refractivity (Wildman–Crippen MR) is 94.4 cm³/mol. The molecule has 1 aliphatic heterocycles. The summed E-state index contributed by atoms with van der Waals surface area (Å²) in [5.41, 5.74) is 1.75.